The lowest BCUT2D eigenvalue weighted by Crippen LogP contribution is -2.00. The Kier molecular flexibility index (Phi) is 3.69. The molecule has 4 heteroatoms. The number of methoxy groups -OCH3 is 1. The van der Waals surface area contributed by atoms with Crippen LogP contribution in [0.2, 0.25) is 0 Å². The van der Waals surface area contributed by atoms with E-state index in [9.17, 15) is 0 Å². The molecule has 2 rings (SSSR count). The third kappa shape index (κ3) is 2.38. The molecule has 100 valence electrons. The average Bonchev–Trinajstić information content (AvgIpc) is 2.42. The minimum Gasteiger partial charge on any atom is -0.496 e. The van der Waals surface area contributed by atoms with Crippen molar-refractivity contribution in [3.05, 3.63) is 34.9 Å². The van der Waals surface area contributed by atoms with Crippen molar-refractivity contribution in [2.24, 2.45) is 0 Å². The maximum Gasteiger partial charge on any atom is 0.148 e. The summed E-state index contributed by atoms with van der Waals surface area (Å²) in [5.41, 5.74) is 5.35. The Morgan fingerprint density at radius 3 is 2.32 bits per heavy atom. The van der Waals surface area contributed by atoms with E-state index in [1.807, 2.05) is 19.2 Å². The van der Waals surface area contributed by atoms with Crippen LogP contribution in [0.5, 0.6) is 5.75 Å². The van der Waals surface area contributed by atoms with Gasteiger partial charge < -0.3 is 10.1 Å². The largest absolute Gasteiger partial charge is 0.496 e. The minimum absolute atomic E-state index is 0.754. The van der Waals surface area contributed by atoms with Crippen LogP contribution in [-0.2, 0) is 0 Å². The first-order chi connectivity index (χ1) is 9.08. The molecule has 19 heavy (non-hydrogen) atoms. The molecule has 1 aromatic carbocycles. The highest BCUT2D eigenvalue weighted by atomic mass is 16.5. The molecule has 1 N–H and O–H groups in total. The summed E-state index contributed by atoms with van der Waals surface area (Å²) >= 11 is 0. The molecule has 0 atom stereocenters. The van der Waals surface area contributed by atoms with Crippen LogP contribution in [0.1, 0.15) is 16.7 Å². The van der Waals surface area contributed by atoms with E-state index in [2.05, 4.69) is 42.4 Å². The fourth-order valence-electron chi connectivity index (χ4n) is 2.22. The lowest BCUT2D eigenvalue weighted by atomic mass is 9.97. The van der Waals surface area contributed by atoms with Gasteiger partial charge in [-0.3, -0.25) is 0 Å². The van der Waals surface area contributed by atoms with E-state index in [1.54, 1.807) is 7.11 Å². The van der Waals surface area contributed by atoms with Gasteiger partial charge in [-0.05, 0) is 49.6 Å². The maximum atomic E-state index is 5.57. The summed E-state index contributed by atoms with van der Waals surface area (Å²) < 4.78 is 5.57. The highest BCUT2D eigenvalue weighted by molar-refractivity contribution is 5.74. The molecule has 1 aromatic heterocycles. The van der Waals surface area contributed by atoms with Crippen molar-refractivity contribution < 1.29 is 4.74 Å². The number of aromatic nitrogens is 2. The number of rotatable bonds is 3. The van der Waals surface area contributed by atoms with Gasteiger partial charge in [-0.15, -0.1) is 10.2 Å². The van der Waals surface area contributed by atoms with Crippen LogP contribution in [0.15, 0.2) is 18.2 Å². The van der Waals surface area contributed by atoms with Crippen LogP contribution in [0.4, 0.5) is 5.82 Å². The normalized spacial score (nSPS) is 10.4. The summed E-state index contributed by atoms with van der Waals surface area (Å²) in [4.78, 5) is 0. The van der Waals surface area contributed by atoms with Gasteiger partial charge in [0.2, 0.25) is 0 Å². The summed E-state index contributed by atoms with van der Waals surface area (Å²) in [6.45, 7) is 6.22. The van der Waals surface area contributed by atoms with Crippen molar-refractivity contribution >= 4 is 5.82 Å². The third-order valence-corrected chi connectivity index (χ3v) is 3.37. The molecule has 0 amide bonds. The Bertz CT molecular complexity index is 591. The molecular weight excluding hydrogens is 238 g/mol. The van der Waals surface area contributed by atoms with E-state index >= 15 is 0 Å². The van der Waals surface area contributed by atoms with Crippen molar-refractivity contribution in [3.8, 4) is 17.0 Å². The number of hydrogen-bond acceptors (Lipinski definition) is 4. The van der Waals surface area contributed by atoms with Crippen molar-refractivity contribution in [2.75, 3.05) is 19.5 Å². The van der Waals surface area contributed by atoms with Crippen LogP contribution < -0.4 is 10.1 Å². The lowest BCUT2D eigenvalue weighted by Gasteiger charge is -2.16. The number of nitrogens with zero attached hydrogens (tertiary/aromatic N) is 2. The Morgan fingerprint density at radius 2 is 1.79 bits per heavy atom. The Morgan fingerprint density at radius 1 is 1.05 bits per heavy atom. The van der Waals surface area contributed by atoms with Crippen LogP contribution in [0, 0.1) is 20.8 Å². The molecule has 0 unspecified atom stereocenters. The first-order valence-corrected chi connectivity index (χ1v) is 6.25. The summed E-state index contributed by atoms with van der Waals surface area (Å²) in [5.74, 6) is 1.63. The van der Waals surface area contributed by atoms with E-state index in [4.69, 9.17) is 4.74 Å². The number of anilines is 1. The Balaban J connectivity index is 2.63. The first kappa shape index (κ1) is 13.3. The van der Waals surface area contributed by atoms with Crippen molar-refractivity contribution in [1.29, 1.82) is 0 Å². The number of benzene rings is 1. The van der Waals surface area contributed by atoms with Gasteiger partial charge >= 0.3 is 0 Å². The summed E-state index contributed by atoms with van der Waals surface area (Å²) in [5, 5.41) is 11.4. The van der Waals surface area contributed by atoms with E-state index in [0.717, 1.165) is 34.0 Å². The molecule has 1 heterocycles. The molecule has 0 saturated heterocycles. The van der Waals surface area contributed by atoms with Gasteiger partial charge in [0.1, 0.15) is 11.6 Å². The van der Waals surface area contributed by atoms with Crippen LogP contribution in [-0.4, -0.2) is 24.4 Å². The van der Waals surface area contributed by atoms with Gasteiger partial charge in [0.05, 0.1) is 12.8 Å². The van der Waals surface area contributed by atoms with Gasteiger partial charge in [0.15, 0.2) is 0 Å². The molecule has 0 aliphatic rings. The predicted molar refractivity (Wildman–Crippen MR) is 77.8 cm³/mol. The molecule has 0 bridgehead atoms. The number of hydrogen-bond donors (Lipinski definition) is 1. The summed E-state index contributed by atoms with van der Waals surface area (Å²) in [6, 6.07) is 6.02. The second-order valence-corrected chi connectivity index (χ2v) is 4.60. The second kappa shape index (κ2) is 5.26. The number of ether oxygens (including phenoxy) is 1. The van der Waals surface area contributed by atoms with Gasteiger partial charge in [-0.2, -0.15) is 0 Å². The first-order valence-electron chi connectivity index (χ1n) is 6.25. The molecule has 0 fully saturated rings. The molecule has 0 saturated carbocycles. The quantitative estimate of drug-likeness (QED) is 0.917. The van der Waals surface area contributed by atoms with Gasteiger partial charge in [-0.25, -0.2) is 0 Å². The fraction of sp³-hybridized carbons (Fsp3) is 0.333. The van der Waals surface area contributed by atoms with Crippen molar-refractivity contribution in [2.45, 2.75) is 20.8 Å². The van der Waals surface area contributed by atoms with E-state index in [1.165, 1.54) is 5.56 Å². The Hall–Kier alpha value is -2.10. The zero-order chi connectivity index (χ0) is 14.0. The highest BCUT2D eigenvalue weighted by Gasteiger charge is 2.15. The highest BCUT2D eigenvalue weighted by Crippen LogP contribution is 2.36. The standard InChI is InChI=1S/C15H19N3O/c1-9-8-10(2)14(15(19-5)11(9)3)12-6-7-13(16-4)18-17-12/h6-8H,1-5H3,(H,16,18). The topological polar surface area (TPSA) is 47.0 Å². The van der Waals surface area contributed by atoms with E-state index in [0.29, 0.717) is 0 Å². The smallest absolute Gasteiger partial charge is 0.148 e. The molecule has 2 aromatic rings. The van der Waals surface area contributed by atoms with Crippen LogP contribution in [0.25, 0.3) is 11.3 Å². The maximum absolute atomic E-state index is 5.57. The molecule has 0 aliphatic heterocycles. The monoisotopic (exact) mass is 257 g/mol. The van der Waals surface area contributed by atoms with Gasteiger partial charge in [0.25, 0.3) is 0 Å². The Labute approximate surface area is 113 Å². The average molecular weight is 257 g/mol. The zero-order valence-electron chi connectivity index (χ0n) is 12.0. The second-order valence-electron chi connectivity index (χ2n) is 4.60. The van der Waals surface area contributed by atoms with Crippen molar-refractivity contribution in [3.63, 3.8) is 0 Å². The van der Waals surface area contributed by atoms with Gasteiger partial charge in [0, 0.05) is 12.6 Å². The summed E-state index contributed by atoms with van der Waals surface area (Å²) in [6.07, 6.45) is 0. The van der Waals surface area contributed by atoms with E-state index in [-0.39, 0.29) is 0 Å². The fourth-order valence-corrected chi connectivity index (χ4v) is 2.22. The number of nitrogens with one attached hydrogen (secondary N) is 1. The van der Waals surface area contributed by atoms with Crippen LogP contribution >= 0.6 is 0 Å². The molecule has 4 nitrogen and oxygen atoms in total. The lowest BCUT2D eigenvalue weighted by molar-refractivity contribution is 0.412. The van der Waals surface area contributed by atoms with E-state index < -0.39 is 0 Å². The SMILES string of the molecule is CNc1ccc(-c2c(C)cc(C)c(C)c2OC)nn1. The third-order valence-electron chi connectivity index (χ3n) is 3.37. The zero-order valence-corrected chi connectivity index (χ0v) is 12.0. The minimum atomic E-state index is 0.754. The molecule has 0 aliphatic carbocycles. The molecule has 0 spiro atoms. The molecular formula is C15H19N3O. The molecule has 0 radical (unpaired) electrons. The summed E-state index contributed by atoms with van der Waals surface area (Å²) in [7, 11) is 3.52. The van der Waals surface area contributed by atoms with Gasteiger partial charge in [-0.1, -0.05) is 6.07 Å². The van der Waals surface area contributed by atoms with Crippen molar-refractivity contribution in [1.82, 2.24) is 10.2 Å². The predicted octanol–water partition coefficient (Wildman–Crippen LogP) is 3.12. The van der Waals surface area contributed by atoms with Crippen LogP contribution in [0.3, 0.4) is 0 Å². The number of aryl methyl sites for hydroxylation is 2.